The molecule has 0 bridgehead atoms. The number of H-pyrrole nitrogens is 1. The lowest BCUT2D eigenvalue weighted by Gasteiger charge is -2.28. The maximum atomic E-state index is 11.6. The minimum atomic E-state index is -0.248. The average Bonchev–Trinajstić information content (AvgIpc) is 2.83. The fourth-order valence-electron chi connectivity index (χ4n) is 2.03. The molecule has 0 atom stereocenters. The van der Waals surface area contributed by atoms with Crippen LogP contribution in [0.3, 0.4) is 0 Å². The van der Waals surface area contributed by atoms with E-state index in [-0.39, 0.29) is 17.8 Å². The summed E-state index contributed by atoms with van der Waals surface area (Å²) >= 11 is 0. The molecule has 16 heavy (non-hydrogen) atoms. The van der Waals surface area contributed by atoms with Crippen LogP contribution in [-0.2, 0) is 0 Å². The van der Waals surface area contributed by atoms with Gasteiger partial charge in [-0.3, -0.25) is 4.79 Å². The Morgan fingerprint density at radius 3 is 2.56 bits per heavy atom. The number of hydrogen-bond donors (Lipinski definition) is 3. The van der Waals surface area contributed by atoms with Crippen LogP contribution in [-0.4, -0.2) is 45.7 Å². The van der Waals surface area contributed by atoms with E-state index in [1.807, 2.05) is 7.05 Å². The zero-order valence-electron chi connectivity index (χ0n) is 9.23. The van der Waals surface area contributed by atoms with Gasteiger partial charge in [0.05, 0.1) is 0 Å². The van der Waals surface area contributed by atoms with Gasteiger partial charge in [0, 0.05) is 12.1 Å². The summed E-state index contributed by atoms with van der Waals surface area (Å²) in [5.41, 5.74) is 0. The van der Waals surface area contributed by atoms with Gasteiger partial charge in [-0.05, 0) is 37.9 Å². The molecule has 0 aliphatic heterocycles. The molecule has 7 nitrogen and oxygen atoms in total. The molecule has 88 valence electrons. The number of hydrogen-bond acceptors (Lipinski definition) is 5. The summed E-state index contributed by atoms with van der Waals surface area (Å²) in [7, 11) is 1.98. The number of aromatic nitrogens is 4. The number of nitrogens with one attached hydrogen (secondary N) is 3. The van der Waals surface area contributed by atoms with E-state index < -0.39 is 0 Å². The van der Waals surface area contributed by atoms with Gasteiger partial charge < -0.3 is 10.6 Å². The third kappa shape index (κ3) is 2.54. The topological polar surface area (TPSA) is 95.6 Å². The van der Waals surface area contributed by atoms with Gasteiger partial charge in [-0.25, -0.2) is 0 Å². The van der Waals surface area contributed by atoms with Crippen molar-refractivity contribution in [3.05, 3.63) is 5.82 Å². The van der Waals surface area contributed by atoms with Gasteiger partial charge in [-0.15, -0.1) is 10.2 Å². The van der Waals surface area contributed by atoms with E-state index in [1.165, 1.54) is 0 Å². The van der Waals surface area contributed by atoms with Gasteiger partial charge in [0.15, 0.2) is 0 Å². The molecular weight excluding hydrogens is 208 g/mol. The molecule has 1 aromatic rings. The van der Waals surface area contributed by atoms with E-state index in [0.717, 1.165) is 25.7 Å². The van der Waals surface area contributed by atoms with Crippen LogP contribution >= 0.6 is 0 Å². The van der Waals surface area contributed by atoms with Crippen molar-refractivity contribution in [2.45, 2.75) is 37.8 Å². The Hall–Kier alpha value is -1.50. The number of amides is 1. The van der Waals surface area contributed by atoms with Crippen LogP contribution in [0.15, 0.2) is 0 Å². The van der Waals surface area contributed by atoms with Crippen LogP contribution in [0.1, 0.15) is 36.3 Å². The summed E-state index contributed by atoms with van der Waals surface area (Å²) in [4.78, 5) is 11.6. The van der Waals surface area contributed by atoms with Crippen molar-refractivity contribution in [2.24, 2.45) is 0 Å². The largest absolute Gasteiger partial charge is 0.346 e. The highest BCUT2D eigenvalue weighted by atomic mass is 16.2. The summed E-state index contributed by atoms with van der Waals surface area (Å²) in [5.74, 6) is -0.141. The molecule has 0 unspecified atom stereocenters. The van der Waals surface area contributed by atoms with Crippen molar-refractivity contribution < 1.29 is 4.79 Å². The lowest BCUT2D eigenvalue weighted by molar-refractivity contribution is 0.0914. The van der Waals surface area contributed by atoms with Crippen LogP contribution in [0.5, 0.6) is 0 Å². The second-order valence-electron chi connectivity index (χ2n) is 4.05. The molecule has 1 heterocycles. The van der Waals surface area contributed by atoms with E-state index in [1.54, 1.807) is 0 Å². The first kappa shape index (κ1) is 11.0. The van der Waals surface area contributed by atoms with Crippen LogP contribution in [0.4, 0.5) is 0 Å². The molecule has 0 saturated heterocycles. The van der Waals surface area contributed by atoms with Crippen molar-refractivity contribution in [2.75, 3.05) is 7.05 Å². The summed E-state index contributed by atoms with van der Waals surface area (Å²) in [6.07, 6.45) is 4.17. The summed E-state index contributed by atoms with van der Waals surface area (Å²) in [6.45, 7) is 0. The van der Waals surface area contributed by atoms with Crippen molar-refractivity contribution in [3.8, 4) is 0 Å². The summed E-state index contributed by atoms with van der Waals surface area (Å²) < 4.78 is 0. The Labute approximate surface area is 93.4 Å². The fraction of sp³-hybridized carbons (Fsp3) is 0.778. The number of tetrazole rings is 1. The van der Waals surface area contributed by atoms with E-state index in [9.17, 15) is 4.79 Å². The quantitative estimate of drug-likeness (QED) is 0.641. The van der Waals surface area contributed by atoms with Crippen molar-refractivity contribution >= 4 is 5.91 Å². The molecule has 0 spiro atoms. The molecule has 2 rings (SSSR count). The number of carbonyl (C=O) groups excluding carboxylic acids is 1. The molecule has 1 amide bonds. The molecular formula is C9H16N6O. The van der Waals surface area contributed by atoms with Gasteiger partial charge in [0.1, 0.15) is 0 Å². The lowest BCUT2D eigenvalue weighted by atomic mass is 9.91. The molecule has 1 aliphatic rings. The van der Waals surface area contributed by atoms with Gasteiger partial charge in [0.2, 0.25) is 0 Å². The van der Waals surface area contributed by atoms with Crippen LogP contribution in [0.25, 0.3) is 0 Å². The third-order valence-electron chi connectivity index (χ3n) is 3.02. The highest BCUT2D eigenvalue weighted by Gasteiger charge is 2.22. The Kier molecular flexibility index (Phi) is 3.45. The maximum absolute atomic E-state index is 11.6. The van der Waals surface area contributed by atoms with E-state index in [4.69, 9.17) is 0 Å². The van der Waals surface area contributed by atoms with Gasteiger partial charge in [-0.2, -0.15) is 5.21 Å². The van der Waals surface area contributed by atoms with Crippen molar-refractivity contribution in [1.82, 2.24) is 31.3 Å². The van der Waals surface area contributed by atoms with Gasteiger partial charge in [-0.1, -0.05) is 0 Å². The first-order valence-corrected chi connectivity index (χ1v) is 5.51. The maximum Gasteiger partial charge on any atom is 0.293 e. The zero-order chi connectivity index (χ0) is 11.4. The van der Waals surface area contributed by atoms with Crippen molar-refractivity contribution in [3.63, 3.8) is 0 Å². The first-order valence-electron chi connectivity index (χ1n) is 5.51. The predicted octanol–water partition coefficient (Wildman–Crippen LogP) is -0.540. The predicted molar refractivity (Wildman–Crippen MR) is 56.7 cm³/mol. The Bertz CT molecular complexity index is 330. The Morgan fingerprint density at radius 1 is 1.31 bits per heavy atom. The van der Waals surface area contributed by atoms with E-state index >= 15 is 0 Å². The Morgan fingerprint density at radius 2 is 2.00 bits per heavy atom. The third-order valence-corrected chi connectivity index (χ3v) is 3.02. The monoisotopic (exact) mass is 224 g/mol. The second-order valence-corrected chi connectivity index (χ2v) is 4.05. The van der Waals surface area contributed by atoms with Gasteiger partial charge >= 0.3 is 0 Å². The van der Waals surface area contributed by atoms with Crippen LogP contribution < -0.4 is 10.6 Å². The second kappa shape index (κ2) is 5.02. The highest BCUT2D eigenvalue weighted by molar-refractivity contribution is 5.90. The fourth-order valence-corrected chi connectivity index (χ4v) is 2.03. The number of aromatic amines is 1. The molecule has 0 aromatic carbocycles. The molecule has 0 radical (unpaired) electrons. The average molecular weight is 224 g/mol. The number of nitrogens with zero attached hydrogens (tertiary/aromatic N) is 3. The van der Waals surface area contributed by atoms with E-state index in [0.29, 0.717) is 6.04 Å². The molecule has 1 aromatic heterocycles. The molecule has 1 fully saturated rings. The molecule has 3 N–H and O–H groups in total. The minimum absolute atomic E-state index is 0.107. The highest BCUT2D eigenvalue weighted by Crippen LogP contribution is 2.18. The normalized spacial score (nSPS) is 25.3. The standard InChI is InChI=1S/C9H16N6O/c1-10-6-2-4-7(5-3-6)11-9(16)8-12-14-15-13-8/h6-7,10H,2-5H2,1H3,(H,11,16)(H,12,13,14,15). The molecule has 1 aliphatic carbocycles. The van der Waals surface area contributed by atoms with Crippen molar-refractivity contribution in [1.29, 1.82) is 0 Å². The minimum Gasteiger partial charge on any atom is -0.346 e. The molecule has 7 heteroatoms. The van der Waals surface area contributed by atoms with E-state index in [2.05, 4.69) is 31.3 Å². The smallest absolute Gasteiger partial charge is 0.293 e. The lowest BCUT2D eigenvalue weighted by Crippen LogP contribution is -2.41. The van der Waals surface area contributed by atoms with Crippen LogP contribution in [0.2, 0.25) is 0 Å². The zero-order valence-corrected chi connectivity index (χ0v) is 9.23. The number of carbonyl (C=O) groups is 1. The van der Waals surface area contributed by atoms with Crippen LogP contribution in [0, 0.1) is 0 Å². The number of rotatable bonds is 3. The van der Waals surface area contributed by atoms with Gasteiger partial charge in [0.25, 0.3) is 11.7 Å². The molecule has 1 saturated carbocycles. The summed E-state index contributed by atoms with van der Waals surface area (Å²) in [5, 5.41) is 19.1. The summed E-state index contributed by atoms with van der Waals surface area (Å²) in [6, 6.07) is 0.814. The SMILES string of the molecule is CNC1CCC(NC(=O)c2nn[nH]n2)CC1. The Balaban J connectivity index is 1.81. The first-order chi connectivity index (χ1) is 7.79.